The number of hydrogen-bond donors (Lipinski definition) is 1. The normalized spacial score (nSPS) is 37.5. The maximum atomic E-state index is 9.91. The average Bonchev–Trinajstić information content (AvgIpc) is 2.40. The van der Waals surface area contributed by atoms with Crippen LogP contribution in [-0.4, -0.2) is 36.6 Å². The van der Waals surface area contributed by atoms with Crippen LogP contribution in [0, 0.1) is 0 Å². The Bertz CT molecular complexity index is 367. The van der Waals surface area contributed by atoms with Crippen LogP contribution in [0.25, 0.3) is 0 Å². The fourth-order valence-electron chi connectivity index (χ4n) is 2.32. The van der Waals surface area contributed by atoms with Gasteiger partial charge >= 0.3 is 0 Å². The quantitative estimate of drug-likeness (QED) is 0.797. The molecule has 1 aromatic rings. The van der Waals surface area contributed by atoms with Crippen LogP contribution in [0.15, 0.2) is 30.3 Å². The summed E-state index contributed by atoms with van der Waals surface area (Å²) in [5.74, 6) is 0. The third-order valence-electron chi connectivity index (χ3n) is 3.26. The number of aliphatic hydroxyl groups is 1. The van der Waals surface area contributed by atoms with Gasteiger partial charge in [-0.2, -0.15) is 0 Å². The van der Waals surface area contributed by atoms with Crippen LogP contribution in [0.4, 0.5) is 0 Å². The van der Waals surface area contributed by atoms with Gasteiger partial charge in [-0.05, 0) is 6.42 Å². The number of hydrogen-bond acceptors (Lipinski definition) is 4. The van der Waals surface area contributed by atoms with E-state index in [1.807, 2.05) is 30.3 Å². The molecule has 3 rings (SSSR count). The SMILES string of the molecule is O[C@H]1CCOC2COC(c3ccccc3)O[C@H]21. The first-order chi connectivity index (χ1) is 8.34. The molecule has 0 amide bonds. The summed E-state index contributed by atoms with van der Waals surface area (Å²) < 4.78 is 16.9. The second-order valence-electron chi connectivity index (χ2n) is 4.44. The van der Waals surface area contributed by atoms with Crippen LogP contribution in [0.5, 0.6) is 0 Å². The van der Waals surface area contributed by atoms with E-state index in [2.05, 4.69) is 0 Å². The van der Waals surface area contributed by atoms with Crippen LogP contribution >= 0.6 is 0 Å². The highest BCUT2D eigenvalue weighted by Gasteiger charge is 2.40. The number of fused-ring (bicyclic) bond motifs is 1. The molecule has 2 aliphatic rings. The summed E-state index contributed by atoms with van der Waals surface area (Å²) in [6, 6.07) is 9.76. The maximum Gasteiger partial charge on any atom is 0.184 e. The van der Waals surface area contributed by atoms with Crippen LogP contribution in [0.3, 0.4) is 0 Å². The number of benzene rings is 1. The lowest BCUT2D eigenvalue weighted by Crippen LogP contribution is -2.52. The Kier molecular flexibility index (Phi) is 3.11. The third-order valence-corrected chi connectivity index (χ3v) is 3.26. The lowest BCUT2D eigenvalue weighted by atomic mass is 10.0. The van der Waals surface area contributed by atoms with Gasteiger partial charge < -0.3 is 19.3 Å². The van der Waals surface area contributed by atoms with Gasteiger partial charge in [0.25, 0.3) is 0 Å². The predicted octanol–water partition coefficient (Wildman–Crippen LogP) is 1.25. The molecule has 2 heterocycles. The Morgan fingerprint density at radius 1 is 1.12 bits per heavy atom. The van der Waals surface area contributed by atoms with E-state index in [9.17, 15) is 5.11 Å². The third kappa shape index (κ3) is 2.21. The van der Waals surface area contributed by atoms with E-state index < -0.39 is 12.4 Å². The van der Waals surface area contributed by atoms with Gasteiger partial charge in [0.1, 0.15) is 12.2 Å². The number of rotatable bonds is 1. The van der Waals surface area contributed by atoms with Gasteiger partial charge in [-0.1, -0.05) is 30.3 Å². The molecule has 4 nitrogen and oxygen atoms in total. The Balaban J connectivity index is 1.74. The van der Waals surface area contributed by atoms with Crippen molar-refractivity contribution in [3.8, 4) is 0 Å². The Morgan fingerprint density at radius 2 is 1.94 bits per heavy atom. The van der Waals surface area contributed by atoms with Gasteiger partial charge in [0.05, 0.1) is 12.7 Å². The van der Waals surface area contributed by atoms with Crippen molar-refractivity contribution in [3.63, 3.8) is 0 Å². The van der Waals surface area contributed by atoms with Crippen molar-refractivity contribution in [2.75, 3.05) is 13.2 Å². The lowest BCUT2D eigenvalue weighted by Gasteiger charge is -2.41. The molecule has 17 heavy (non-hydrogen) atoms. The highest BCUT2D eigenvalue weighted by Crippen LogP contribution is 2.31. The minimum atomic E-state index is -0.455. The first-order valence-corrected chi connectivity index (χ1v) is 5.96. The van der Waals surface area contributed by atoms with Crippen molar-refractivity contribution in [2.24, 2.45) is 0 Å². The van der Waals surface area contributed by atoms with Gasteiger partial charge in [0.15, 0.2) is 6.29 Å². The van der Waals surface area contributed by atoms with Crippen LogP contribution in [-0.2, 0) is 14.2 Å². The second-order valence-corrected chi connectivity index (χ2v) is 4.44. The molecular weight excluding hydrogens is 220 g/mol. The van der Waals surface area contributed by atoms with Crippen molar-refractivity contribution < 1.29 is 19.3 Å². The van der Waals surface area contributed by atoms with Crippen molar-refractivity contribution in [3.05, 3.63) is 35.9 Å². The van der Waals surface area contributed by atoms with Crippen molar-refractivity contribution in [2.45, 2.75) is 31.0 Å². The standard InChI is InChI=1S/C13H16O4/c14-10-6-7-15-11-8-16-13(17-12(10)11)9-4-2-1-3-5-9/h1-5,10-14H,6-8H2/t10-,11?,12-,13?/m0/s1. The summed E-state index contributed by atoms with van der Waals surface area (Å²) in [5.41, 5.74) is 0.976. The Labute approximate surface area is 100 Å². The highest BCUT2D eigenvalue weighted by atomic mass is 16.7. The van der Waals surface area contributed by atoms with Gasteiger partial charge in [-0.3, -0.25) is 0 Å². The van der Waals surface area contributed by atoms with Gasteiger partial charge in [0.2, 0.25) is 0 Å². The first kappa shape index (κ1) is 11.2. The fraction of sp³-hybridized carbons (Fsp3) is 0.538. The zero-order valence-corrected chi connectivity index (χ0v) is 9.49. The molecule has 92 valence electrons. The summed E-state index contributed by atoms with van der Waals surface area (Å²) in [4.78, 5) is 0. The van der Waals surface area contributed by atoms with E-state index in [4.69, 9.17) is 14.2 Å². The zero-order valence-electron chi connectivity index (χ0n) is 9.49. The molecule has 1 N–H and O–H groups in total. The second kappa shape index (κ2) is 4.74. The van der Waals surface area contributed by atoms with Crippen LogP contribution < -0.4 is 0 Å². The molecule has 0 radical (unpaired) electrons. The fourth-order valence-corrected chi connectivity index (χ4v) is 2.32. The average molecular weight is 236 g/mol. The van der Waals surface area contributed by atoms with Crippen LogP contribution in [0.2, 0.25) is 0 Å². The lowest BCUT2D eigenvalue weighted by molar-refractivity contribution is -0.298. The monoisotopic (exact) mass is 236 g/mol. The molecule has 1 aromatic carbocycles. The Hall–Kier alpha value is -0.940. The van der Waals surface area contributed by atoms with E-state index in [0.29, 0.717) is 19.6 Å². The minimum Gasteiger partial charge on any atom is -0.390 e. The highest BCUT2D eigenvalue weighted by molar-refractivity contribution is 5.16. The number of aliphatic hydroxyl groups excluding tert-OH is 1. The summed E-state index contributed by atoms with van der Waals surface area (Å²) in [6.45, 7) is 1.05. The van der Waals surface area contributed by atoms with Crippen molar-refractivity contribution in [1.82, 2.24) is 0 Å². The predicted molar refractivity (Wildman–Crippen MR) is 60.4 cm³/mol. The first-order valence-electron chi connectivity index (χ1n) is 5.96. The van der Waals surface area contributed by atoms with Gasteiger partial charge in [-0.15, -0.1) is 0 Å². The molecule has 2 aliphatic heterocycles. The molecule has 4 atom stereocenters. The van der Waals surface area contributed by atoms with Gasteiger partial charge in [0, 0.05) is 12.2 Å². The van der Waals surface area contributed by atoms with E-state index >= 15 is 0 Å². The van der Waals surface area contributed by atoms with Crippen molar-refractivity contribution in [1.29, 1.82) is 0 Å². The topological polar surface area (TPSA) is 47.9 Å². The molecule has 0 aromatic heterocycles. The van der Waals surface area contributed by atoms with Crippen LogP contribution in [0.1, 0.15) is 18.3 Å². The summed E-state index contributed by atoms with van der Waals surface area (Å²) >= 11 is 0. The van der Waals surface area contributed by atoms with E-state index in [0.717, 1.165) is 5.56 Å². The molecule has 2 fully saturated rings. The Morgan fingerprint density at radius 3 is 2.76 bits per heavy atom. The molecule has 0 bridgehead atoms. The molecule has 0 saturated carbocycles. The molecule has 4 heteroatoms. The summed E-state index contributed by atoms with van der Waals surface area (Å²) in [6.07, 6.45) is -0.637. The van der Waals surface area contributed by atoms with E-state index in [-0.39, 0.29) is 12.2 Å². The molecular formula is C13H16O4. The maximum absolute atomic E-state index is 9.91. The largest absolute Gasteiger partial charge is 0.390 e. The molecule has 2 saturated heterocycles. The summed E-state index contributed by atoms with van der Waals surface area (Å²) in [7, 11) is 0. The number of ether oxygens (including phenoxy) is 3. The summed E-state index contributed by atoms with van der Waals surface area (Å²) in [5, 5.41) is 9.91. The van der Waals surface area contributed by atoms with E-state index in [1.54, 1.807) is 0 Å². The van der Waals surface area contributed by atoms with Gasteiger partial charge in [-0.25, -0.2) is 0 Å². The molecule has 0 spiro atoms. The van der Waals surface area contributed by atoms with E-state index in [1.165, 1.54) is 0 Å². The molecule has 2 unspecified atom stereocenters. The van der Waals surface area contributed by atoms with Crippen molar-refractivity contribution >= 4 is 0 Å². The zero-order chi connectivity index (χ0) is 11.7. The minimum absolute atomic E-state index is 0.140. The smallest absolute Gasteiger partial charge is 0.184 e. The molecule has 0 aliphatic carbocycles.